The largest absolute Gasteiger partial charge is 0.464 e. The van der Waals surface area contributed by atoms with Crippen LogP contribution >= 0.6 is 0 Å². The predicted molar refractivity (Wildman–Crippen MR) is 128 cm³/mol. The number of nitrogens with one attached hydrogen (secondary N) is 1. The van der Waals surface area contributed by atoms with E-state index in [1.54, 1.807) is 24.5 Å². The van der Waals surface area contributed by atoms with E-state index in [2.05, 4.69) is 16.4 Å². The van der Waals surface area contributed by atoms with Gasteiger partial charge >= 0.3 is 0 Å². The Morgan fingerprint density at radius 3 is 2.71 bits per heavy atom. The van der Waals surface area contributed by atoms with Crippen molar-refractivity contribution in [2.75, 3.05) is 12.3 Å². The molecular formula is C26H23N5O3. The average molecular weight is 454 g/mol. The monoisotopic (exact) mass is 453 g/mol. The minimum absolute atomic E-state index is 0.104. The molecule has 2 aromatic carbocycles. The third-order valence-electron chi connectivity index (χ3n) is 5.37. The third-order valence-corrected chi connectivity index (χ3v) is 5.37. The number of hydrogen-bond donors (Lipinski definition) is 2. The topological polar surface area (TPSA) is 127 Å². The van der Waals surface area contributed by atoms with Crippen molar-refractivity contribution in [2.45, 2.75) is 19.4 Å². The smallest absolute Gasteiger partial charge is 0.255 e. The third kappa shape index (κ3) is 5.40. The summed E-state index contributed by atoms with van der Waals surface area (Å²) in [6.45, 7) is 0.382. The van der Waals surface area contributed by atoms with E-state index in [1.807, 2.05) is 36.4 Å². The highest BCUT2D eigenvalue weighted by atomic mass is 16.3. The number of aryl methyl sites for hydroxylation is 2. The summed E-state index contributed by atoms with van der Waals surface area (Å²) in [7, 11) is 0. The Kier molecular flexibility index (Phi) is 6.84. The Morgan fingerprint density at radius 1 is 1.09 bits per heavy atom. The molecule has 2 aromatic heterocycles. The molecule has 4 aromatic rings. The highest BCUT2D eigenvalue weighted by Crippen LogP contribution is 2.21. The van der Waals surface area contributed by atoms with E-state index in [9.17, 15) is 9.59 Å². The molecule has 0 aliphatic carbocycles. The second-order valence-electron chi connectivity index (χ2n) is 7.72. The molecule has 8 heteroatoms. The lowest BCUT2D eigenvalue weighted by molar-refractivity contribution is 0.0952. The van der Waals surface area contributed by atoms with E-state index in [0.717, 1.165) is 16.9 Å². The molecule has 0 unspecified atom stereocenters. The SMILES string of the molecule is N#Cc1cccc(C(=O)NCCn2c(N)nc(CCc3cccc(-c4ccco4)c3)cc2=O)c1. The number of nitrogens with zero attached hydrogens (tertiary/aromatic N) is 3. The van der Waals surface area contributed by atoms with Crippen molar-refractivity contribution in [3.63, 3.8) is 0 Å². The lowest BCUT2D eigenvalue weighted by Crippen LogP contribution is -2.32. The van der Waals surface area contributed by atoms with Crippen molar-refractivity contribution in [1.82, 2.24) is 14.9 Å². The fourth-order valence-electron chi connectivity index (χ4n) is 3.63. The molecule has 0 aliphatic rings. The highest BCUT2D eigenvalue weighted by molar-refractivity contribution is 5.94. The molecule has 0 radical (unpaired) electrons. The molecule has 0 atom stereocenters. The van der Waals surface area contributed by atoms with Gasteiger partial charge in [-0.05, 0) is 54.8 Å². The van der Waals surface area contributed by atoms with Gasteiger partial charge in [-0.15, -0.1) is 0 Å². The number of hydrogen-bond acceptors (Lipinski definition) is 6. The van der Waals surface area contributed by atoms with Crippen LogP contribution in [0.1, 0.15) is 27.2 Å². The lowest BCUT2D eigenvalue weighted by Gasteiger charge is -2.11. The maximum absolute atomic E-state index is 12.6. The molecule has 1 amide bonds. The van der Waals surface area contributed by atoms with Gasteiger partial charge in [-0.3, -0.25) is 14.2 Å². The Morgan fingerprint density at radius 2 is 1.94 bits per heavy atom. The van der Waals surface area contributed by atoms with Gasteiger partial charge in [-0.25, -0.2) is 4.98 Å². The van der Waals surface area contributed by atoms with Crippen molar-refractivity contribution in [1.29, 1.82) is 5.26 Å². The number of carbonyl (C=O) groups excluding carboxylic acids is 1. The molecule has 0 aliphatic heterocycles. The Hall–Kier alpha value is -4.64. The van der Waals surface area contributed by atoms with Crippen molar-refractivity contribution in [2.24, 2.45) is 0 Å². The van der Waals surface area contributed by atoms with Crippen LogP contribution in [-0.4, -0.2) is 22.0 Å². The first-order valence-corrected chi connectivity index (χ1v) is 10.8. The first-order valence-electron chi connectivity index (χ1n) is 10.8. The van der Waals surface area contributed by atoms with E-state index >= 15 is 0 Å². The van der Waals surface area contributed by atoms with Crippen LogP contribution in [0.25, 0.3) is 11.3 Å². The zero-order valence-corrected chi connectivity index (χ0v) is 18.4. The van der Waals surface area contributed by atoms with Crippen LogP contribution in [0.2, 0.25) is 0 Å². The summed E-state index contributed by atoms with van der Waals surface area (Å²) in [5, 5.41) is 11.7. The Balaban J connectivity index is 1.36. The van der Waals surface area contributed by atoms with Crippen molar-refractivity contribution >= 4 is 11.9 Å². The number of furan rings is 1. The first-order chi connectivity index (χ1) is 16.5. The maximum atomic E-state index is 12.6. The summed E-state index contributed by atoms with van der Waals surface area (Å²) < 4.78 is 6.78. The number of nitrogen functional groups attached to an aromatic ring is 1. The van der Waals surface area contributed by atoms with E-state index in [4.69, 9.17) is 15.4 Å². The first kappa shape index (κ1) is 22.6. The molecule has 0 bridgehead atoms. The molecule has 0 spiro atoms. The van der Waals surface area contributed by atoms with Gasteiger partial charge in [-0.2, -0.15) is 5.26 Å². The van der Waals surface area contributed by atoms with Gasteiger partial charge in [0.15, 0.2) is 0 Å². The van der Waals surface area contributed by atoms with Crippen LogP contribution in [0, 0.1) is 11.3 Å². The van der Waals surface area contributed by atoms with Crippen LogP contribution in [0.15, 0.2) is 82.2 Å². The van der Waals surface area contributed by atoms with Gasteiger partial charge in [0.1, 0.15) is 5.76 Å². The van der Waals surface area contributed by atoms with Gasteiger partial charge in [0.25, 0.3) is 11.5 Å². The molecule has 0 fully saturated rings. The van der Waals surface area contributed by atoms with E-state index in [0.29, 0.717) is 29.7 Å². The normalized spacial score (nSPS) is 10.6. The highest BCUT2D eigenvalue weighted by Gasteiger charge is 2.10. The van der Waals surface area contributed by atoms with Crippen molar-refractivity contribution < 1.29 is 9.21 Å². The fourth-order valence-corrected chi connectivity index (χ4v) is 3.63. The van der Waals surface area contributed by atoms with Crippen LogP contribution < -0.4 is 16.6 Å². The van der Waals surface area contributed by atoms with E-state index in [-0.39, 0.29) is 30.5 Å². The van der Waals surface area contributed by atoms with Crippen LogP contribution in [0.4, 0.5) is 5.95 Å². The summed E-state index contributed by atoms with van der Waals surface area (Å²) in [6.07, 6.45) is 2.90. The molecule has 2 heterocycles. The van der Waals surface area contributed by atoms with Crippen molar-refractivity contribution in [3.05, 3.63) is 106 Å². The molecule has 34 heavy (non-hydrogen) atoms. The van der Waals surface area contributed by atoms with Crippen molar-refractivity contribution in [3.8, 4) is 17.4 Å². The average Bonchev–Trinajstić information content (AvgIpc) is 3.40. The number of nitrogens with two attached hydrogens (primary N) is 1. The standard InChI is InChI=1S/C26H23N5O3/c27-17-19-5-2-7-21(15-19)25(33)29-11-12-31-24(32)16-22(30-26(31)28)10-9-18-4-1-6-20(14-18)23-8-3-13-34-23/h1-8,13-16H,9-12H2,(H2,28,30)(H,29,33). The number of rotatable bonds is 8. The van der Waals surface area contributed by atoms with E-state index in [1.165, 1.54) is 16.7 Å². The number of nitriles is 1. The summed E-state index contributed by atoms with van der Waals surface area (Å²) in [4.78, 5) is 29.3. The zero-order valence-electron chi connectivity index (χ0n) is 18.4. The quantitative estimate of drug-likeness (QED) is 0.422. The van der Waals surface area contributed by atoms with Gasteiger partial charge in [-0.1, -0.05) is 24.3 Å². The van der Waals surface area contributed by atoms with Crippen LogP contribution in [-0.2, 0) is 19.4 Å². The van der Waals surface area contributed by atoms with Gasteiger partial charge in [0.2, 0.25) is 5.95 Å². The van der Waals surface area contributed by atoms with Gasteiger partial charge < -0.3 is 15.5 Å². The Labute approximate surface area is 196 Å². The molecule has 170 valence electrons. The van der Waals surface area contributed by atoms with Crippen LogP contribution in [0.5, 0.6) is 0 Å². The summed E-state index contributed by atoms with van der Waals surface area (Å²) in [6, 6.07) is 21.7. The number of aromatic nitrogens is 2. The minimum Gasteiger partial charge on any atom is -0.464 e. The number of benzene rings is 2. The predicted octanol–water partition coefficient (Wildman–Crippen LogP) is 3.17. The van der Waals surface area contributed by atoms with Gasteiger partial charge in [0, 0.05) is 30.3 Å². The van der Waals surface area contributed by atoms with E-state index < -0.39 is 0 Å². The summed E-state index contributed by atoms with van der Waals surface area (Å²) in [5.74, 6) is 0.578. The second kappa shape index (κ2) is 10.3. The fraction of sp³-hybridized carbons (Fsp3) is 0.154. The number of amides is 1. The summed E-state index contributed by atoms with van der Waals surface area (Å²) >= 11 is 0. The second-order valence-corrected chi connectivity index (χ2v) is 7.72. The maximum Gasteiger partial charge on any atom is 0.255 e. The summed E-state index contributed by atoms with van der Waals surface area (Å²) in [5.41, 5.74) is 9.25. The molecule has 0 saturated heterocycles. The van der Waals surface area contributed by atoms with Crippen LogP contribution in [0.3, 0.4) is 0 Å². The minimum atomic E-state index is -0.329. The molecule has 4 rings (SSSR count). The molecule has 0 saturated carbocycles. The molecule has 8 nitrogen and oxygen atoms in total. The van der Waals surface area contributed by atoms with Gasteiger partial charge in [0.05, 0.1) is 23.6 Å². The molecule has 3 N–H and O–H groups in total. The number of carbonyl (C=O) groups is 1. The lowest BCUT2D eigenvalue weighted by atomic mass is 10.0. The Bertz CT molecular complexity index is 1400. The zero-order chi connectivity index (χ0) is 23.9. The number of anilines is 1. The molecular weight excluding hydrogens is 430 g/mol.